The summed E-state index contributed by atoms with van der Waals surface area (Å²) in [6.07, 6.45) is 1.19. The molecule has 124 valence electrons. The number of rotatable bonds is 8. The number of halogens is 1. The van der Waals surface area contributed by atoms with Crippen molar-refractivity contribution < 1.29 is 9.59 Å². The first kappa shape index (κ1) is 20.4. The van der Waals surface area contributed by atoms with E-state index >= 15 is 0 Å². The molecule has 0 atom stereocenters. The molecule has 3 amide bonds. The van der Waals surface area contributed by atoms with E-state index < -0.39 is 6.03 Å². The lowest BCUT2D eigenvalue weighted by atomic mass is 10.1. The van der Waals surface area contributed by atoms with Gasteiger partial charge in [-0.1, -0.05) is 30.3 Å². The number of amides is 3. The SMILES string of the molecule is CNC(=O)NC(=O)CCN(CCN)CCc1ccccc1.Cl. The van der Waals surface area contributed by atoms with Gasteiger partial charge in [-0.3, -0.25) is 10.1 Å². The zero-order valence-electron chi connectivity index (χ0n) is 12.9. The second-order valence-corrected chi connectivity index (χ2v) is 4.74. The average molecular weight is 329 g/mol. The standard InChI is InChI=1S/C15H24N4O2.ClH/c1-17-15(21)18-14(20)8-11-19(12-9-16)10-7-13-5-3-2-4-6-13;/h2-6H,7-12,16H2,1H3,(H2,17,18,20,21);1H. The van der Waals surface area contributed by atoms with Crippen molar-refractivity contribution in [3.05, 3.63) is 35.9 Å². The van der Waals surface area contributed by atoms with Crippen LogP contribution in [-0.4, -0.2) is 50.1 Å². The van der Waals surface area contributed by atoms with E-state index in [9.17, 15) is 9.59 Å². The number of nitrogens with one attached hydrogen (secondary N) is 2. The summed E-state index contributed by atoms with van der Waals surface area (Å²) in [4.78, 5) is 24.7. The molecule has 0 aliphatic carbocycles. The van der Waals surface area contributed by atoms with Crippen LogP contribution >= 0.6 is 12.4 Å². The smallest absolute Gasteiger partial charge is 0.321 e. The number of hydrogen-bond donors (Lipinski definition) is 3. The summed E-state index contributed by atoms with van der Waals surface area (Å²) in [6, 6.07) is 9.70. The Bertz CT molecular complexity index is 442. The first-order chi connectivity index (χ1) is 10.2. The zero-order valence-corrected chi connectivity index (χ0v) is 13.7. The van der Waals surface area contributed by atoms with Gasteiger partial charge in [-0.25, -0.2) is 4.79 Å². The fraction of sp³-hybridized carbons (Fsp3) is 0.467. The Balaban J connectivity index is 0.00000441. The van der Waals surface area contributed by atoms with Crippen molar-refractivity contribution in [3.8, 4) is 0 Å². The first-order valence-electron chi connectivity index (χ1n) is 7.13. The molecule has 0 heterocycles. The molecule has 4 N–H and O–H groups in total. The maximum absolute atomic E-state index is 11.6. The molecule has 0 unspecified atom stereocenters. The van der Waals surface area contributed by atoms with Gasteiger partial charge >= 0.3 is 6.03 Å². The van der Waals surface area contributed by atoms with Gasteiger partial charge in [0.25, 0.3) is 0 Å². The fourth-order valence-electron chi connectivity index (χ4n) is 1.96. The molecule has 0 saturated heterocycles. The minimum atomic E-state index is -0.477. The van der Waals surface area contributed by atoms with Crippen molar-refractivity contribution >= 4 is 24.3 Å². The van der Waals surface area contributed by atoms with E-state index in [1.807, 2.05) is 18.2 Å². The van der Waals surface area contributed by atoms with Gasteiger partial charge in [0.15, 0.2) is 0 Å². The molecule has 1 aromatic carbocycles. The second kappa shape index (κ2) is 12.0. The number of urea groups is 1. The summed E-state index contributed by atoms with van der Waals surface area (Å²) >= 11 is 0. The molecule has 0 aromatic heterocycles. The number of hydrogen-bond acceptors (Lipinski definition) is 4. The van der Waals surface area contributed by atoms with Crippen LogP contribution in [-0.2, 0) is 11.2 Å². The van der Waals surface area contributed by atoms with Gasteiger partial charge in [-0.2, -0.15) is 0 Å². The van der Waals surface area contributed by atoms with Gasteiger partial charge in [-0.05, 0) is 12.0 Å². The first-order valence-corrected chi connectivity index (χ1v) is 7.13. The Morgan fingerprint density at radius 1 is 1.14 bits per heavy atom. The predicted molar refractivity (Wildman–Crippen MR) is 90.1 cm³/mol. The highest BCUT2D eigenvalue weighted by atomic mass is 35.5. The second-order valence-electron chi connectivity index (χ2n) is 4.74. The monoisotopic (exact) mass is 328 g/mol. The third kappa shape index (κ3) is 8.61. The van der Waals surface area contributed by atoms with Crippen LogP contribution in [0.5, 0.6) is 0 Å². The molecule has 0 radical (unpaired) electrons. The molecule has 0 spiro atoms. The fourth-order valence-corrected chi connectivity index (χ4v) is 1.96. The maximum Gasteiger partial charge on any atom is 0.321 e. The third-order valence-corrected chi connectivity index (χ3v) is 3.14. The summed E-state index contributed by atoms with van der Waals surface area (Å²) in [5, 5.41) is 4.60. The Labute approximate surface area is 137 Å². The largest absolute Gasteiger partial charge is 0.341 e. The van der Waals surface area contributed by atoms with Crippen LogP contribution in [0, 0.1) is 0 Å². The van der Waals surface area contributed by atoms with Crippen molar-refractivity contribution in [1.82, 2.24) is 15.5 Å². The van der Waals surface area contributed by atoms with E-state index in [1.165, 1.54) is 12.6 Å². The lowest BCUT2D eigenvalue weighted by Crippen LogP contribution is -2.40. The van der Waals surface area contributed by atoms with Crippen LogP contribution in [0.15, 0.2) is 30.3 Å². The van der Waals surface area contributed by atoms with E-state index in [1.54, 1.807) is 0 Å². The molecule has 0 aliphatic rings. The molecule has 1 aromatic rings. The highest BCUT2D eigenvalue weighted by Gasteiger charge is 2.10. The van der Waals surface area contributed by atoms with Crippen molar-refractivity contribution in [2.75, 3.05) is 33.2 Å². The summed E-state index contributed by atoms with van der Waals surface area (Å²) in [5.41, 5.74) is 6.86. The van der Waals surface area contributed by atoms with Gasteiger partial charge in [-0.15, -0.1) is 12.4 Å². The minimum absolute atomic E-state index is 0. The molecule has 1 rings (SSSR count). The zero-order chi connectivity index (χ0) is 15.5. The molecule has 0 bridgehead atoms. The van der Waals surface area contributed by atoms with Gasteiger partial charge in [0.05, 0.1) is 0 Å². The third-order valence-electron chi connectivity index (χ3n) is 3.14. The highest BCUT2D eigenvalue weighted by Crippen LogP contribution is 2.02. The van der Waals surface area contributed by atoms with Gasteiger partial charge in [0.1, 0.15) is 0 Å². The molecule has 0 saturated carbocycles. The quantitative estimate of drug-likeness (QED) is 0.657. The number of benzene rings is 1. The van der Waals surface area contributed by atoms with Crippen LogP contribution in [0.25, 0.3) is 0 Å². The minimum Gasteiger partial charge on any atom is -0.341 e. The Morgan fingerprint density at radius 2 is 1.82 bits per heavy atom. The Kier molecular flexibility index (Phi) is 11.1. The average Bonchev–Trinajstić information content (AvgIpc) is 2.51. The van der Waals surface area contributed by atoms with Crippen molar-refractivity contribution in [3.63, 3.8) is 0 Å². The summed E-state index contributed by atoms with van der Waals surface area (Å²) < 4.78 is 0. The molecule has 22 heavy (non-hydrogen) atoms. The normalized spacial score (nSPS) is 9.95. The van der Waals surface area contributed by atoms with Crippen LogP contribution < -0.4 is 16.4 Å². The number of nitrogens with two attached hydrogens (primary N) is 1. The van der Waals surface area contributed by atoms with Crippen LogP contribution in [0.4, 0.5) is 4.79 Å². The Hall–Kier alpha value is -1.63. The molecular formula is C15H25ClN4O2. The van der Waals surface area contributed by atoms with E-state index in [-0.39, 0.29) is 24.7 Å². The summed E-state index contributed by atoms with van der Waals surface area (Å²) in [6.45, 7) is 2.72. The summed E-state index contributed by atoms with van der Waals surface area (Å²) in [7, 11) is 1.48. The molecular weight excluding hydrogens is 304 g/mol. The van der Waals surface area contributed by atoms with E-state index in [4.69, 9.17) is 5.73 Å². The van der Waals surface area contributed by atoms with Gasteiger partial charge < -0.3 is 16.0 Å². The maximum atomic E-state index is 11.6. The number of carbonyl (C=O) groups is 2. The lowest BCUT2D eigenvalue weighted by molar-refractivity contribution is -0.120. The van der Waals surface area contributed by atoms with Crippen LogP contribution in [0.2, 0.25) is 0 Å². The van der Waals surface area contributed by atoms with Gasteiger partial charge in [0, 0.05) is 39.6 Å². The molecule has 0 fully saturated rings. The Morgan fingerprint density at radius 3 is 2.41 bits per heavy atom. The topological polar surface area (TPSA) is 87.5 Å². The highest BCUT2D eigenvalue weighted by molar-refractivity contribution is 5.94. The number of carbonyl (C=O) groups excluding carboxylic acids is 2. The van der Waals surface area contributed by atoms with E-state index in [2.05, 4.69) is 27.7 Å². The van der Waals surface area contributed by atoms with Crippen molar-refractivity contribution in [2.45, 2.75) is 12.8 Å². The van der Waals surface area contributed by atoms with Crippen molar-refractivity contribution in [2.24, 2.45) is 5.73 Å². The molecule has 0 aliphatic heterocycles. The molecule has 7 heteroatoms. The lowest BCUT2D eigenvalue weighted by Gasteiger charge is -2.21. The molecule has 6 nitrogen and oxygen atoms in total. The van der Waals surface area contributed by atoms with Gasteiger partial charge in [0.2, 0.25) is 5.91 Å². The number of imide groups is 1. The van der Waals surface area contributed by atoms with Crippen LogP contribution in [0.3, 0.4) is 0 Å². The summed E-state index contributed by atoms with van der Waals surface area (Å²) in [5.74, 6) is -0.281. The van der Waals surface area contributed by atoms with Crippen molar-refractivity contribution in [1.29, 1.82) is 0 Å². The van der Waals surface area contributed by atoms with E-state index in [0.29, 0.717) is 13.1 Å². The predicted octanol–water partition coefficient (Wildman–Crippen LogP) is 0.757. The number of nitrogens with zero attached hydrogens (tertiary/aromatic N) is 1. The van der Waals surface area contributed by atoms with Crippen LogP contribution in [0.1, 0.15) is 12.0 Å². The van der Waals surface area contributed by atoms with E-state index in [0.717, 1.165) is 19.5 Å².